The van der Waals surface area contributed by atoms with Crippen molar-refractivity contribution in [1.29, 1.82) is 0 Å². The van der Waals surface area contributed by atoms with Crippen LogP contribution in [0.3, 0.4) is 0 Å². The number of nitrogens with zero attached hydrogens (tertiary/aromatic N) is 1. The fraction of sp³-hybridized carbons (Fsp3) is 0.333. The molecule has 0 aromatic heterocycles. The molecule has 0 saturated carbocycles. The summed E-state index contributed by atoms with van der Waals surface area (Å²) in [6.07, 6.45) is 2.06. The van der Waals surface area contributed by atoms with Gasteiger partial charge in [-0.3, -0.25) is 9.59 Å². The van der Waals surface area contributed by atoms with Crippen molar-refractivity contribution in [1.82, 2.24) is 10.2 Å². The number of carbonyl (C=O) groups excluding carboxylic acids is 2. The number of rotatable bonds is 9. The Morgan fingerprint density at radius 3 is 2.48 bits per heavy atom. The molecule has 1 N–H and O–H groups in total. The molecular formula is C21H25ClN2O3. The second-order valence-electron chi connectivity index (χ2n) is 6.25. The van der Waals surface area contributed by atoms with Crippen molar-refractivity contribution < 1.29 is 14.3 Å². The van der Waals surface area contributed by atoms with Gasteiger partial charge < -0.3 is 15.0 Å². The third-order valence-electron chi connectivity index (χ3n) is 4.07. The Kier molecular flexibility index (Phi) is 8.14. The maximum Gasteiger partial charge on any atom is 0.251 e. The van der Waals surface area contributed by atoms with E-state index >= 15 is 0 Å². The molecule has 144 valence electrons. The molecular weight excluding hydrogens is 364 g/mol. The van der Waals surface area contributed by atoms with Gasteiger partial charge in [0.2, 0.25) is 5.91 Å². The Morgan fingerprint density at radius 2 is 1.81 bits per heavy atom. The number of ether oxygens (including phenoxy) is 1. The second-order valence-corrected chi connectivity index (χ2v) is 6.66. The topological polar surface area (TPSA) is 58.6 Å². The summed E-state index contributed by atoms with van der Waals surface area (Å²) in [5.41, 5.74) is 1.35. The molecule has 2 amide bonds. The predicted molar refractivity (Wildman–Crippen MR) is 107 cm³/mol. The molecule has 0 unspecified atom stereocenters. The molecule has 0 saturated heterocycles. The molecule has 0 fully saturated rings. The van der Waals surface area contributed by atoms with Gasteiger partial charge in [0.1, 0.15) is 5.75 Å². The fourth-order valence-electron chi connectivity index (χ4n) is 2.40. The highest BCUT2D eigenvalue weighted by atomic mass is 35.5. The lowest BCUT2D eigenvalue weighted by Gasteiger charge is -2.18. The van der Waals surface area contributed by atoms with Crippen molar-refractivity contribution in [2.24, 2.45) is 0 Å². The largest absolute Gasteiger partial charge is 0.494 e. The molecule has 27 heavy (non-hydrogen) atoms. The number of likely N-dealkylation sites (N-methyl/N-ethyl adjacent to an activating group) is 1. The molecule has 0 aliphatic rings. The van der Waals surface area contributed by atoms with Crippen LogP contribution in [-0.2, 0) is 11.3 Å². The highest BCUT2D eigenvalue weighted by Crippen LogP contribution is 2.16. The van der Waals surface area contributed by atoms with Crippen molar-refractivity contribution in [3.63, 3.8) is 0 Å². The molecule has 6 heteroatoms. The van der Waals surface area contributed by atoms with Gasteiger partial charge in [0.25, 0.3) is 5.91 Å². The van der Waals surface area contributed by atoms with E-state index in [1.54, 1.807) is 37.4 Å². The summed E-state index contributed by atoms with van der Waals surface area (Å²) < 4.78 is 5.57. The third kappa shape index (κ3) is 6.61. The summed E-state index contributed by atoms with van der Waals surface area (Å²) in [4.78, 5) is 26.0. The highest BCUT2D eigenvalue weighted by molar-refractivity contribution is 6.31. The number of benzene rings is 2. The van der Waals surface area contributed by atoms with Crippen LogP contribution in [0.15, 0.2) is 48.5 Å². The van der Waals surface area contributed by atoms with E-state index in [2.05, 4.69) is 12.2 Å². The van der Waals surface area contributed by atoms with E-state index in [1.807, 2.05) is 18.2 Å². The predicted octanol–water partition coefficient (Wildman–Crippen LogP) is 3.91. The van der Waals surface area contributed by atoms with Crippen LogP contribution in [0.5, 0.6) is 5.75 Å². The van der Waals surface area contributed by atoms with Crippen molar-refractivity contribution in [3.8, 4) is 5.75 Å². The number of carbonyl (C=O) groups is 2. The van der Waals surface area contributed by atoms with Gasteiger partial charge in [-0.1, -0.05) is 43.1 Å². The van der Waals surface area contributed by atoms with Gasteiger partial charge in [0, 0.05) is 24.2 Å². The number of amides is 2. The van der Waals surface area contributed by atoms with Gasteiger partial charge in [-0.05, 0) is 42.3 Å². The number of hydrogen-bond donors (Lipinski definition) is 1. The first-order valence-electron chi connectivity index (χ1n) is 8.99. The smallest absolute Gasteiger partial charge is 0.251 e. The summed E-state index contributed by atoms with van der Waals surface area (Å²) in [5.74, 6) is 0.243. The van der Waals surface area contributed by atoms with Crippen molar-refractivity contribution >= 4 is 23.4 Å². The van der Waals surface area contributed by atoms with Crippen LogP contribution in [0.25, 0.3) is 0 Å². The highest BCUT2D eigenvalue weighted by Gasteiger charge is 2.13. The lowest BCUT2D eigenvalue weighted by Crippen LogP contribution is -2.37. The quantitative estimate of drug-likeness (QED) is 0.662. The van der Waals surface area contributed by atoms with Gasteiger partial charge in [-0.15, -0.1) is 0 Å². The van der Waals surface area contributed by atoms with Crippen LogP contribution in [0.2, 0.25) is 5.02 Å². The van der Waals surface area contributed by atoms with Gasteiger partial charge in [0.15, 0.2) is 0 Å². The summed E-state index contributed by atoms with van der Waals surface area (Å²) >= 11 is 6.12. The molecule has 2 aromatic rings. The van der Waals surface area contributed by atoms with Gasteiger partial charge in [0.05, 0.1) is 13.2 Å². The lowest BCUT2D eigenvalue weighted by atomic mass is 10.2. The Bertz CT molecular complexity index is 762. The first-order chi connectivity index (χ1) is 13.0. The maximum absolute atomic E-state index is 12.2. The Labute approximate surface area is 165 Å². The first-order valence-corrected chi connectivity index (χ1v) is 9.37. The van der Waals surface area contributed by atoms with Crippen LogP contribution >= 0.6 is 11.6 Å². The number of nitrogens with one attached hydrogen (secondary N) is 1. The molecule has 0 radical (unpaired) electrons. The van der Waals surface area contributed by atoms with Crippen molar-refractivity contribution in [2.45, 2.75) is 26.3 Å². The molecule has 0 aliphatic heterocycles. The Hall–Kier alpha value is -2.53. The van der Waals surface area contributed by atoms with Crippen LogP contribution in [-0.4, -0.2) is 36.9 Å². The van der Waals surface area contributed by atoms with Crippen molar-refractivity contribution in [2.75, 3.05) is 20.2 Å². The minimum absolute atomic E-state index is 0.0749. The zero-order valence-electron chi connectivity index (χ0n) is 15.7. The molecule has 2 aromatic carbocycles. The van der Waals surface area contributed by atoms with Crippen LogP contribution in [0.4, 0.5) is 0 Å². The average Bonchev–Trinajstić information content (AvgIpc) is 2.68. The minimum Gasteiger partial charge on any atom is -0.494 e. The monoisotopic (exact) mass is 388 g/mol. The Balaban J connectivity index is 1.81. The van der Waals surface area contributed by atoms with E-state index in [1.165, 1.54) is 4.90 Å². The molecule has 5 nitrogen and oxygen atoms in total. The fourth-order valence-corrected chi connectivity index (χ4v) is 2.60. The minimum atomic E-state index is -0.297. The third-order valence-corrected chi connectivity index (χ3v) is 4.44. The first kappa shape index (κ1) is 20.8. The second kappa shape index (κ2) is 10.6. The van der Waals surface area contributed by atoms with Gasteiger partial charge in [-0.2, -0.15) is 0 Å². The van der Waals surface area contributed by atoms with Crippen LogP contribution in [0, 0.1) is 0 Å². The summed E-state index contributed by atoms with van der Waals surface area (Å²) in [6.45, 7) is 3.07. The molecule has 0 atom stereocenters. The standard InChI is InChI=1S/C21H25ClN2O3/c1-3-4-13-27-18-11-9-16(10-12-18)21(26)23-14-20(25)24(2)15-17-7-5-6-8-19(17)22/h5-12H,3-4,13-15H2,1-2H3,(H,23,26). The zero-order valence-corrected chi connectivity index (χ0v) is 16.5. The summed E-state index contributed by atoms with van der Waals surface area (Å²) in [6, 6.07) is 14.3. The number of halogens is 1. The molecule has 0 bridgehead atoms. The number of unbranched alkanes of at least 4 members (excludes halogenated alkanes) is 1. The van der Waals surface area contributed by atoms with E-state index in [4.69, 9.17) is 16.3 Å². The maximum atomic E-state index is 12.2. The van der Waals surface area contributed by atoms with Gasteiger partial charge in [-0.25, -0.2) is 0 Å². The van der Waals surface area contributed by atoms with Crippen molar-refractivity contribution in [3.05, 3.63) is 64.7 Å². The molecule has 2 rings (SSSR count). The molecule has 0 spiro atoms. The normalized spacial score (nSPS) is 10.3. The van der Waals surface area contributed by atoms with E-state index in [0.29, 0.717) is 23.7 Å². The Morgan fingerprint density at radius 1 is 1.11 bits per heavy atom. The van der Waals surface area contributed by atoms with Gasteiger partial charge >= 0.3 is 0 Å². The number of hydrogen-bond acceptors (Lipinski definition) is 3. The van der Waals surface area contributed by atoms with E-state index in [0.717, 1.165) is 24.2 Å². The SMILES string of the molecule is CCCCOc1ccc(C(=O)NCC(=O)N(C)Cc2ccccc2Cl)cc1. The van der Waals surface area contributed by atoms with E-state index in [9.17, 15) is 9.59 Å². The average molecular weight is 389 g/mol. The molecule has 0 aliphatic carbocycles. The van der Waals surface area contributed by atoms with E-state index in [-0.39, 0.29) is 18.4 Å². The van der Waals surface area contributed by atoms with E-state index < -0.39 is 0 Å². The summed E-state index contributed by atoms with van der Waals surface area (Å²) in [5, 5.41) is 3.26. The summed E-state index contributed by atoms with van der Waals surface area (Å²) in [7, 11) is 1.68. The van der Waals surface area contributed by atoms with Crippen LogP contribution in [0.1, 0.15) is 35.7 Å². The zero-order chi connectivity index (χ0) is 19.6. The molecule has 0 heterocycles. The lowest BCUT2D eigenvalue weighted by molar-refractivity contribution is -0.129. The van der Waals surface area contributed by atoms with Crippen LogP contribution < -0.4 is 10.1 Å².